The number of hydrogen-bond acceptors (Lipinski definition) is 4. The molecule has 0 aliphatic carbocycles. The van der Waals surface area contributed by atoms with Gasteiger partial charge in [0.2, 0.25) is 0 Å². The van der Waals surface area contributed by atoms with Gasteiger partial charge in [-0.15, -0.1) is 5.10 Å². The number of rotatable bonds is 5. The second-order valence-electron chi connectivity index (χ2n) is 4.22. The Balaban J connectivity index is 2.33. The number of nitrogens with zero attached hydrogens (tertiary/aromatic N) is 2. The molecule has 18 heavy (non-hydrogen) atoms. The zero-order valence-electron chi connectivity index (χ0n) is 10.5. The number of aryl methyl sites for hydroxylation is 1. The van der Waals surface area contributed by atoms with Gasteiger partial charge < -0.3 is 5.32 Å². The second kappa shape index (κ2) is 6.02. The average molecular weight is 265 g/mol. The van der Waals surface area contributed by atoms with Crippen LogP contribution in [0.25, 0.3) is 0 Å². The first-order valence-electron chi connectivity index (χ1n) is 5.98. The summed E-state index contributed by atoms with van der Waals surface area (Å²) >= 11 is 1.33. The van der Waals surface area contributed by atoms with E-state index in [0.29, 0.717) is 0 Å². The van der Waals surface area contributed by atoms with Crippen LogP contribution in [0.4, 0.5) is 4.39 Å². The maximum atomic E-state index is 13.2. The quantitative estimate of drug-likeness (QED) is 0.902. The monoisotopic (exact) mass is 265 g/mol. The van der Waals surface area contributed by atoms with Gasteiger partial charge in [0.05, 0.1) is 11.7 Å². The minimum atomic E-state index is -0.207. The number of hydrogen-bond donors (Lipinski definition) is 1. The Morgan fingerprint density at radius 2 is 2.28 bits per heavy atom. The minimum absolute atomic E-state index is 0.00991. The van der Waals surface area contributed by atoms with E-state index in [-0.39, 0.29) is 11.9 Å². The molecule has 0 saturated heterocycles. The lowest BCUT2D eigenvalue weighted by atomic mass is 9.99. The van der Waals surface area contributed by atoms with Crippen molar-refractivity contribution in [2.45, 2.75) is 26.3 Å². The van der Waals surface area contributed by atoms with Crippen molar-refractivity contribution in [2.75, 3.05) is 6.54 Å². The molecule has 0 fully saturated rings. The van der Waals surface area contributed by atoms with Gasteiger partial charge in [-0.3, -0.25) is 0 Å². The van der Waals surface area contributed by atoms with E-state index >= 15 is 0 Å². The van der Waals surface area contributed by atoms with Crippen molar-refractivity contribution in [3.8, 4) is 0 Å². The molecule has 96 valence electrons. The lowest BCUT2D eigenvalue weighted by Gasteiger charge is -2.18. The molecule has 0 aliphatic heterocycles. The van der Waals surface area contributed by atoms with Crippen LogP contribution in [0.3, 0.4) is 0 Å². The third kappa shape index (κ3) is 2.91. The van der Waals surface area contributed by atoms with Crippen LogP contribution in [-0.4, -0.2) is 16.1 Å². The van der Waals surface area contributed by atoms with Gasteiger partial charge in [0.1, 0.15) is 5.82 Å². The Hall–Kier alpha value is -1.33. The van der Waals surface area contributed by atoms with Crippen molar-refractivity contribution in [2.24, 2.45) is 0 Å². The Kier molecular flexibility index (Phi) is 4.38. The standard InChI is InChI=1S/C13H16FN3S/c1-3-6-15-13(12-8-18-17-16-12)11-5-4-10(14)7-9(11)2/h4-5,7-8,13,15H,3,6H2,1-2H3. The molecule has 0 amide bonds. The molecule has 1 unspecified atom stereocenters. The summed E-state index contributed by atoms with van der Waals surface area (Å²) in [6, 6.07) is 4.85. The topological polar surface area (TPSA) is 37.8 Å². The molecule has 0 bridgehead atoms. The second-order valence-corrected chi connectivity index (χ2v) is 4.83. The van der Waals surface area contributed by atoms with Crippen LogP contribution in [0.2, 0.25) is 0 Å². The average Bonchev–Trinajstić information content (AvgIpc) is 2.85. The summed E-state index contributed by atoms with van der Waals surface area (Å²) < 4.78 is 17.1. The molecule has 0 saturated carbocycles. The summed E-state index contributed by atoms with van der Waals surface area (Å²) in [6.07, 6.45) is 1.04. The zero-order chi connectivity index (χ0) is 13.0. The third-order valence-corrected chi connectivity index (χ3v) is 3.34. The molecule has 1 aromatic heterocycles. The van der Waals surface area contributed by atoms with Crippen molar-refractivity contribution in [3.05, 3.63) is 46.2 Å². The van der Waals surface area contributed by atoms with E-state index in [4.69, 9.17) is 0 Å². The Morgan fingerprint density at radius 3 is 2.89 bits per heavy atom. The van der Waals surface area contributed by atoms with E-state index in [1.165, 1.54) is 17.6 Å². The van der Waals surface area contributed by atoms with Crippen LogP contribution in [0.15, 0.2) is 23.6 Å². The van der Waals surface area contributed by atoms with Gasteiger partial charge in [-0.05, 0) is 54.7 Å². The lowest BCUT2D eigenvalue weighted by molar-refractivity contribution is 0.578. The summed E-state index contributed by atoms with van der Waals surface area (Å²) in [7, 11) is 0. The molecule has 0 radical (unpaired) electrons. The van der Waals surface area contributed by atoms with Gasteiger partial charge in [-0.2, -0.15) is 0 Å². The molecule has 2 rings (SSSR count). The summed E-state index contributed by atoms with van der Waals surface area (Å²) in [6.45, 7) is 4.92. The maximum Gasteiger partial charge on any atom is 0.123 e. The predicted octanol–water partition coefficient (Wildman–Crippen LogP) is 3.07. The SMILES string of the molecule is CCCNC(c1csnn1)c1ccc(F)cc1C. The first kappa shape index (κ1) is 13.1. The summed E-state index contributed by atoms with van der Waals surface area (Å²) in [5, 5.41) is 9.48. The van der Waals surface area contributed by atoms with E-state index in [9.17, 15) is 4.39 Å². The predicted molar refractivity (Wildman–Crippen MR) is 71.2 cm³/mol. The molecule has 1 N–H and O–H groups in total. The van der Waals surface area contributed by atoms with E-state index in [1.54, 1.807) is 6.07 Å². The number of halogens is 1. The fourth-order valence-corrected chi connectivity index (χ4v) is 2.40. The van der Waals surface area contributed by atoms with E-state index in [2.05, 4.69) is 21.8 Å². The van der Waals surface area contributed by atoms with E-state index in [0.717, 1.165) is 29.8 Å². The molecule has 1 atom stereocenters. The fraction of sp³-hybridized carbons (Fsp3) is 0.385. The van der Waals surface area contributed by atoms with Crippen molar-refractivity contribution in [3.63, 3.8) is 0 Å². The largest absolute Gasteiger partial charge is 0.305 e. The van der Waals surface area contributed by atoms with Gasteiger partial charge >= 0.3 is 0 Å². The lowest BCUT2D eigenvalue weighted by Crippen LogP contribution is -2.24. The molecule has 1 heterocycles. The molecule has 1 aromatic carbocycles. The van der Waals surface area contributed by atoms with Gasteiger partial charge in [0.15, 0.2) is 0 Å². The third-order valence-electron chi connectivity index (χ3n) is 2.81. The van der Waals surface area contributed by atoms with Crippen molar-refractivity contribution < 1.29 is 4.39 Å². The minimum Gasteiger partial charge on any atom is -0.305 e. The van der Waals surface area contributed by atoms with Gasteiger partial charge in [-0.1, -0.05) is 17.5 Å². The van der Waals surface area contributed by atoms with E-state index < -0.39 is 0 Å². The van der Waals surface area contributed by atoms with E-state index in [1.807, 2.05) is 18.4 Å². The van der Waals surface area contributed by atoms with Crippen LogP contribution in [0, 0.1) is 12.7 Å². The first-order chi connectivity index (χ1) is 8.72. The van der Waals surface area contributed by atoms with Crippen molar-refractivity contribution in [1.29, 1.82) is 0 Å². The highest BCUT2D eigenvalue weighted by molar-refractivity contribution is 7.03. The molecule has 0 aliphatic rings. The smallest absolute Gasteiger partial charge is 0.123 e. The van der Waals surface area contributed by atoms with Crippen LogP contribution < -0.4 is 5.32 Å². The number of nitrogens with one attached hydrogen (secondary N) is 1. The normalized spacial score (nSPS) is 12.6. The first-order valence-corrected chi connectivity index (χ1v) is 6.82. The molecule has 0 spiro atoms. The van der Waals surface area contributed by atoms with Crippen LogP contribution in [-0.2, 0) is 0 Å². The summed E-state index contributed by atoms with van der Waals surface area (Å²) in [4.78, 5) is 0. The summed E-state index contributed by atoms with van der Waals surface area (Å²) in [5.41, 5.74) is 2.87. The highest BCUT2D eigenvalue weighted by Gasteiger charge is 2.18. The van der Waals surface area contributed by atoms with Crippen molar-refractivity contribution >= 4 is 11.5 Å². The summed E-state index contributed by atoms with van der Waals surface area (Å²) in [5.74, 6) is -0.207. The van der Waals surface area contributed by atoms with Gasteiger partial charge in [-0.25, -0.2) is 4.39 Å². The highest BCUT2D eigenvalue weighted by Crippen LogP contribution is 2.24. The van der Waals surface area contributed by atoms with Crippen molar-refractivity contribution in [1.82, 2.24) is 14.9 Å². The number of benzene rings is 1. The number of aromatic nitrogens is 2. The molecular formula is C13H16FN3S. The highest BCUT2D eigenvalue weighted by atomic mass is 32.1. The molecule has 5 heteroatoms. The Morgan fingerprint density at radius 1 is 1.44 bits per heavy atom. The van der Waals surface area contributed by atoms with Gasteiger partial charge in [0.25, 0.3) is 0 Å². The van der Waals surface area contributed by atoms with Crippen LogP contribution in [0.5, 0.6) is 0 Å². The Bertz CT molecular complexity index is 499. The van der Waals surface area contributed by atoms with Crippen LogP contribution >= 0.6 is 11.5 Å². The molecular weight excluding hydrogens is 249 g/mol. The van der Waals surface area contributed by atoms with Gasteiger partial charge in [0, 0.05) is 5.38 Å². The maximum absolute atomic E-state index is 13.2. The van der Waals surface area contributed by atoms with Crippen LogP contribution in [0.1, 0.15) is 36.2 Å². The zero-order valence-corrected chi connectivity index (χ0v) is 11.3. The fourth-order valence-electron chi connectivity index (χ4n) is 1.92. The Labute approximate surface area is 110 Å². The molecule has 3 nitrogen and oxygen atoms in total. The molecule has 2 aromatic rings.